The van der Waals surface area contributed by atoms with Gasteiger partial charge < -0.3 is 4.42 Å². The van der Waals surface area contributed by atoms with Gasteiger partial charge in [0, 0.05) is 10.5 Å². The monoisotopic (exact) mass is 246 g/mol. The van der Waals surface area contributed by atoms with Crippen molar-refractivity contribution in [3.8, 4) is 11.3 Å². The number of hydrogen-bond acceptors (Lipinski definition) is 2. The molecule has 90 valence electrons. The number of furan rings is 1. The Hall–Kier alpha value is -1.15. The molecule has 2 rings (SSSR count). The SMILES string of the molecule is CCc1cc(C)cc(SC)c1-c1ccc(C)o1. The summed E-state index contributed by atoms with van der Waals surface area (Å²) in [5.74, 6) is 1.96. The number of benzene rings is 1. The number of rotatable bonds is 3. The average molecular weight is 246 g/mol. The Labute approximate surface area is 107 Å². The van der Waals surface area contributed by atoms with Crippen LogP contribution in [0.2, 0.25) is 0 Å². The average Bonchev–Trinajstić information content (AvgIpc) is 2.74. The maximum Gasteiger partial charge on any atom is 0.135 e. The Kier molecular flexibility index (Phi) is 3.63. The first kappa shape index (κ1) is 12.3. The molecule has 2 aromatic rings. The zero-order valence-electron chi connectivity index (χ0n) is 10.8. The summed E-state index contributed by atoms with van der Waals surface area (Å²) in [4.78, 5) is 1.30. The predicted octanol–water partition coefficient (Wildman–Crippen LogP) is 4.85. The maximum atomic E-state index is 5.78. The van der Waals surface area contributed by atoms with Crippen molar-refractivity contribution in [2.45, 2.75) is 32.1 Å². The summed E-state index contributed by atoms with van der Waals surface area (Å²) >= 11 is 1.78. The molecule has 0 N–H and O–H groups in total. The van der Waals surface area contributed by atoms with Gasteiger partial charge in [-0.1, -0.05) is 13.0 Å². The minimum Gasteiger partial charge on any atom is -0.461 e. The van der Waals surface area contributed by atoms with Crippen molar-refractivity contribution in [1.82, 2.24) is 0 Å². The molecule has 0 spiro atoms. The first-order valence-electron chi connectivity index (χ1n) is 5.90. The molecule has 0 saturated heterocycles. The van der Waals surface area contributed by atoms with Crippen molar-refractivity contribution in [2.75, 3.05) is 6.26 Å². The van der Waals surface area contributed by atoms with Crippen LogP contribution in [0, 0.1) is 13.8 Å². The van der Waals surface area contributed by atoms with E-state index in [0.717, 1.165) is 17.9 Å². The second-order valence-electron chi connectivity index (χ2n) is 4.27. The van der Waals surface area contributed by atoms with E-state index in [1.165, 1.54) is 21.6 Å². The Balaban J connectivity index is 2.65. The molecule has 0 aliphatic rings. The normalized spacial score (nSPS) is 10.8. The standard InChI is InChI=1S/C15H18OS/c1-5-12-8-10(2)9-14(17-4)15(12)13-7-6-11(3)16-13/h6-9H,5H2,1-4H3. The van der Waals surface area contributed by atoms with Gasteiger partial charge in [-0.15, -0.1) is 11.8 Å². The summed E-state index contributed by atoms with van der Waals surface area (Å²) in [6.45, 7) is 6.33. The van der Waals surface area contributed by atoms with Crippen LogP contribution >= 0.6 is 11.8 Å². The lowest BCUT2D eigenvalue weighted by Gasteiger charge is -2.12. The van der Waals surface area contributed by atoms with Crippen LogP contribution < -0.4 is 0 Å². The van der Waals surface area contributed by atoms with Gasteiger partial charge in [0.25, 0.3) is 0 Å². The number of thioether (sulfide) groups is 1. The van der Waals surface area contributed by atoms with E-state index in [9.17, 15) is 0 Å². The highest BCUT2D eigenvalue weighted by molar-refractivity contribution is 7.98. The highest BCUT2D eigenvalue weighted by Crippen LogP contribution is 2.35. The molecule has 0 aliphatic carbocycles. The van der Waals surface area contributed by atoms with Crippen LogP contribution in [0.25, 0.3) is 11.3 Å². The van der Waals surface area contributed by atoms with Crippen LogP contribution in [0.4, 0.5) is 0 Å². The Morgan fingerprint density at radius 2 is 1.94 bits per heavy atom. The predicted molar refractivity (Wildman–Crippen MR) is 74.8 cm³/mol. The fourth-order valence-corrected chi connectivity index (χ4v) is 2.85. The summed E-state index contributed by atoms with van der Waals surface area (Å²) in [7, 11) is 0. The van der Waals surface area contributed by atoms with Crippen LogP contribution in [-0.2, 0) is 6.42 Å². The van der Waals surface area contributed by atoms with E-state index in [-0.39, 0.29) is 0 Å². The zero-order valence-corrected chi connectivity index (χ0v) is 11.6. The molecule has 2 heteroatoms. The second-order valence-corrected chi connectivity index (χ2v) is 5.11. The Morgan fingerprint density at radius 1 is 1.18 bits per heavy atom. The fourth-order valence-electron chi connectivity index (χ4n) is 2.11. The van der Waals surface area contributed by atoms with E-state index in [2.05, 4.69) is 38.3 Å². The Bertz CT molecular complexity index is 500. The molecule has 0 aliphatic heterocycles. The van der Waals surface area contributed by atoms with Crippen LogP contribution in [0.15, 0.2) is 33.6 Å². The third kappa shape index (κ3) is 2.42. The molecule has 0 amide bonds. The molecule has 0 bridgehead atoms. The molecule has 0 saturated carbocycles. The van der Waals surface area contributed by atoms with Gasteiger partial charge in [-0.25, -0.2) is 0 Å². The van der Waals surface area contributed by atoms with Gasteiger partial charge in [-0.3, -0.25) is 0 Å². The first-order chi connectivity index (χ1) is 8.15. The molecule has 0 radical (unpaired) electrons. The molecule has 0 atom stereocenters. The molecule has 17 heavy (non-hydrogen) atoms. The van der Waals surface area contributed by atoms with Crippen molar-refractivity contribution in [2.24, 2.45) is 0 Å². The van der Waals surface area contributed by atoms with E-state index >= 15 is 0 Å². The lowest BCUT2D eigenvalue weighted by Crippen LogP contribution is -1.91. The van der Waals surface area contributed by atoms with Crippen molar-refractivity contribution in [1.29, 1.82) is 0 Å². The maximum absolute atomic E-state index is 5.78. The molecule has 1 aromatic heterocycles. The summed E-state index contributed by atoms with van der Waals surface area (Å²) in [5.41, 5.74) is 3.95. The van der Waals surface area contributed by atoms with Crippen LogP contribution in [-0.4, -0.2) is 6.26 Å². The summed E-state index contributed by atoms with van der Waals surface area (Å²) < 4.78 is 5.78. The summed E-state index contributed by atoms with van der Waals surface area (Å²) in [5, 5.41) is 0. The first-order valence-corrected chi connectivity index (χ1v) is 7.12. The van der Waals surface area contributed by atoms with Crippen molar-refractivity contribution in [3.63, 3.8) is 0 Å². The van der Waals surface area contributed by atoms with Gasteiger partial charge in [0.1, 0.15) is 11.5 Å². The minimum absolute atomic E-state index is 0.967. The van der Waals surface area contributed by atoms with Crippen LogP contribution in [0.1, 0.15) is 23.8 Å². The van der Waals surface area contributed by atoms with Crippen molar-refractivity contribution < 1.29 is 4.42 Å². The third-order valence-corrected chi connectivity index (χ3v) is 3.68. The van der Waals surface area contributed by atoms with E-state index in [4.69, 9.17) is 4.42 Å². The summed E-state index contributed by atoms with van der Waals surface area (Å²) in [6.07, 6.45) is 3.15. The van der Waals surface area contributed by atoms with E-state index < -0.39 is 0 Å². The van der Waals surface area contributed by atoms with Gasteiger partial charge in [0.05, 0.1) is 0 Å². The molecule has 0 fully saturated rings. The lowest BCUT2D eigenvalue weighted by atomic mass is 10.0. The minimum atomic E-state index is 0.967. The molecule has 1 nitrogen and oxygen atoms in total. The number of hydrogen-bond donors (Lipinski definition) is 0. The second kappa shape index (κ2) is 5.01. The fraction of sp³-hybridized carbons (Fsp3) is 0.333. The molecule has 1 aromatic carbocycles. The Morgan fingerprint density at radius 3 is 2.47 bits per heavy atom. The van der Waals surface area contributed by atoms with Gasteiger partial charge >= 0.3 is 0 Å². The topological polar surface area (TPSA) is 13.1 Å². The zero-order chi connectivity index (χ0) is 12.4. The number of aryl methyl sites for hydroxylation is 3. The molecule has 0 unspecified atom stereocenters. The van der Waals surface area contributed by atoms with Crippen molar-refractivity contribution in [3.05, 3.63) is 41.2 Å². The molecule has 1 heterocycles. The van der Waals surface area contributed by atoms with Gasteiger partial charge in [-0.05, 0) is 55.9 Å². The van der Waals surface area contributed by atoms with Gasteiger partial charge in [0.15, 0.2) is 0 Å². The molecular weight excluding hydrogens is 228 g/mol. The van der Waals surface area contributed by atoms with E-state index in [0.29, 0.717) is 0 Å². The smallest absolute Gasteiger partial charge is 0.135 e. The van der Waals surface area contributed by atoms with Gasteiger partial charge in [0.2, 0.25) is 0 Å². The van der Waals surface area contributed by atoms with E-state index in [1.807, 2.05) is 13.0 Å². The quantitative estimate of drug-likeness (QED) is 0.718. The van der Waals surface area contributed by atoms with Gasteiger partial charge in [-0.2, -0.15) is 0 Å². The highest BCUT2D eigenvalue weighted by Gasteiger charge is 2.13. The lowest BCUT2D eigenvalue weighted by molar-refractivity contribution is 0.546. The van der Waals surface area contributed by atoms with Crippen LogP contribution in [0.3, 0.4) is 0 Å². The van der Waals surface area contributed by atoms with E-state index in [1.54, 1.807) is 11.8 Å². The summed E-state index contributed by atoms with van der Waals surface area (Å²) in [6, 6.07) is 8.58. The highest BCUT2D eigenvalue weighted by atomic mass is 32.2. The van der Waals surface area contributed by atoms with Crippen LogP contribution in [0.5, 0.6) is 0 Å². The third-order valence-electron chi connectivity index (χ3n) is 2.92. The van der Waals surface area contributed by atoms with Crippen molar-refractivity contribution >= 4 is 11.8 Å². The largest absolute Gasteiger partial charge is 0.461 e. The molecular formula is C15H18OS.